The second kappa shape index (κ2) is 12.0. The molecule has 0 aliphatic carbocycles. The maximum absolute atomic E-state index is 12.0. The van der Waals surface area contributed by atoms with Crippen LogP contribution in [0.1, 0.15) is 20.7 Å². The lowest BCUT2D eigenvalue weighted by atomic mass is 10.1. The van der Waals surface area contributed by atoms with Gasteiger partial charge in [0.2, 0.25) is 0 Å². The molecule has 0 saturated carbocycles. The number of nitro benzene ring substituents is 2. The van der Waals surface area contributed by atoms with Crippen LogP contribution in [0.15, 0.2) is 36.4 Å². The monoisotopic (exact) mass is 462 g/mol. The van der Waals surface area contributed by atoms with Crippen molar-refractivity contribution in [2.45, 2.75) is 0 Å². The van der Waals surface area contributed by atoms with Crippen molar-refractivity contribution in [3.63, 3.8) is 0 Å². The summed E-state index contributed by atoms with van der Waals surface area (Å²) in [6.07, 6.45) is 0. The van der Waals surface area contributed by atoms with E-state index in [0.29, 0.717) is 0 Å². The number of esters is 2. The van der Waals surface area contributed by atoms with Crippen LogP contribution in [0.2, 0.25) is 0 Å². The fraction of sp³-hybridized carbons (Fsp3) is 0.222. The quantitative estimate of drug-likeness (QED) is 0.191. The van der Waals surface area contributed by atoms with Gasteiger partial charge in [-0.2, -0.15) is 0 Å². The number of nitrogens with two attached hydrogens (primary N) is 2. The highest BCUT2D eigenvalue weighted by atomic mass is 16.6. The topological polar surface area (TPSA) is 209 Å². The number of carbonyl (C=O) groups is 2. The Kier molecular flexibility index (Phi) is 9.08. The Labute approximate surface area is 186 Å². The van der Waals surface area contributed by atoms with E-state index in [2.05, 4.69) is 0 Å². The number of benzene rings is 2. The molecule has 33 heavy (non-hydrogen) atoms. The van der Waals surface area contributed by atoms with Gasteiger partial charge in [-0.05, 0) is 12.1 Å². The summed E-state index contributed by atoms with van der Waals surface area (Å²) in [5, 5.41) is 22.3. The average molecular weight is 462 g/mol. The Bertz CT molecular complexity index is 967. The largest absolute Gasteiger partial charge is 0.576 e. The minimum absolute atomic E-state index is 0.0723. The van der Waals surface area contributed by atoms with Gasteiger partial charge in [0, 0.05) is 25.2 Å². The van der Waals surface area contributed by atoms with E-state index in [0.717, 1.165) is 24.3 Å². The summed E-state index contributed by atoms with van der Waals surface area (Å²) >= 11 is 0. The lowest BCUT2D eigenvalue weighted by Gasteiger charge is -2.10. The van der Waals surface area contributed by atoms with Gasteiger partial charge in [0.1, 0.15) is 24.7 Å². The predicted octanol–water partition coefficient (Wildman–Crippen LogP) is 0.458. The molecule has 0 aliphatic rings. The minimum atomic E-state index is -0.839. The predicted molar refractivity (Wildman–Crippen MR) is 113 cm³/mol. The Balaban J connectivity index is 2.18. The van der Waals surface area contributed by atoms with E-state index in [4.69, 9.17) is 30.2 Å². The van der Waals surface area contributed by atoms with Crippen LogP contribution in [0.25, 0.3) is 0 Å². The van der Waals surface area contributed by atoms with E-state index in [1.807, 2.05) is 0 Å². The molecule has 0 bridgehead atoms. The Morgan fingerprint density at radius 2 is 1.15 bits per heavy atom. The van der Waals surface area contributed by atoms with Crippen molar-refractivity contribution < 1.29 is 38.2 Å². The van der Waals surface area contributed by atoms with Crippen molar-refractivity contribution in [3.8, 4) is 11.5 Å². The minimum Gasteiger partial charge on any atom is -0.528 e. The zero-order valence-corrected chi connectivity index (χ0v) is 17.1. The highest BCUT2D eigenvalue weighted by molar-refractivity contribution is 6.20. The molecule has 0 aliphatic heterocycles. The van der Waals surface area contributed by atoms with Crippen molar-refractivity contribution in [2.75, 3.05) is 26.3 Å². The summed E-state index contributed by atoms with van der Waals surface area (Å²) in [4.78, 5) is 44.8. The lowest BCUT2D eigenvalue weighted by molar-refractivity contribution is -0.385. The molecule has 2 rings (SSSR count). The molecular weight excluding hydrogens is 443 g/mol. The van der Waals surface area contributed by atoms with Gasteiger partial charge in [0.05, 0.1) is 33.1 Å². The first-order valence-electron chi connectivity index (χ1n) is 9.34. The Hall–Kier alpha value is -4.24. The van der Waals surface area contributed by atoms with Gasteiger partial charge in [-0.3, -0.25) is 20.2 Å². The van der Waals surface area contributed by atoms with Crippen LogP contribution in [0, 0.1) is 20.2 Å². The third kappa shape index (κ3) is 7.44. The summed E-state index contributed by atoms with van der Waals surface area (Å²) < 4.78 is 20.3. The molecule has 0 heterocycles. The number of nitrogens with zero attached hydrogens (tertiary/aromatic N) is 2. The number of carbonyl (C=O) groups excluding carboxylic acids is 2. The van der Waals surface area contributed by atoms with Gasteiger partial charge >= 0.3 is 19.6 Å². The normalized spacial score (nSPS) is 10.1. The number of hydrogen-bond donors (Lipinski definition) is 2. The van der Waals surface area contributed by atoms with Gasteiger partial charge in [-0.1, -0.05) is 0 Å². The summed E-state index contributed by atoms with van der Waals surface area (Å²) in [5.74, 6) is -1.88. The molecular formula is C18H19BN4O10. The lowest BCUT2D eigenvalue weighted by Crippen LogP contribution is -2.15. The Morgan fingerprint density at radius 3 is 1.48 bits per heavy atom. The fourth-order valence-electron chi connectivity index (χ4n) is 2.42. The maximum atomic E-state index is 12.0. The molecule has 0 saturated heterocycles. The average Bonchev–Trinajstić information content (AvgIpc) is 2.80. The highest BCUT2D eigenvalue weighted by Crippen LogP contribution is 2.25. The van der Waals surface area contributed by atoms with E-state index < -0.39 is 40.8 Å². The number of rotatable bonds is 12. The molecule has 15 heteroatoms. The van der Waals surface area contributed by atoms with Gasteiger partial charge in [0.15, 0.2) is 0 Å². The molecule has 174 valence electrons. The summed E-state index contributed by atoms with van der Waals surface area (Å²) in [7, 11) is -0.559. The maximum Gasteiger partial charge on any atom is 0.576 e. The van der Waals surface area contributed by atoms with Crippen molar-refractivity contribution in [1.29, 1.82) is 0 Å². The molecule has 14 nitrogen and oxygen atoms in total. The summed E-state index contributed by atoms with van der Waals surface area (Å²) in [5.41, 5.74) is 9.36. The Morgan fingerprint density at radius 1 is 0.758 bits per heavy atom. The van der Waals surface area contributed by atoms with Crippen LogP contribution in [0.4, 0.5) is 11.4 Å². The molecule has 0 atom stereocenters. The van der Waals surface area contributed by atoms with Crippen LogP contribution in [-0.2, 0) is 9.47 Å². The van der Waals surface area contributed by atoms with Crippen LogP contribution in [0.5, 0.6) is 11.5 Å². The highest BCUT2D eigenvalue weighted by Gasteiger charge is 2.19. The smallest absolute Gasteiger partial charge is 0.528 e. The zero-order chi connectivity index (χ0) is 24.4. The number of hydrogen-bond acceptors (Lipinski definition) is 12. The fourth-order valence-corrected chi connectivity index (χ4v) is 2.42. The second-order valence-electron chi connectivity index (χ2n) is 6.20. The summed E-state index contributed by atoms with van der Waals surface area (Å²) in [6.45, 7) is -0.0149. The van der Waals surface area contributed by atoms with E-state index in [1.54, 1.807) is 0 Å². The molecule has 4 N–H and O–H groups in total. The van der Waals surface area contributed by atoms with E-state index >= 15 is 0 Å². The molecule has 0 fully saturated rings. The molecule has 0 spiro atoms. The first-order valence-corrected chi connectivity index (χ1v) is 9.34. The van der Waals surface area contributed by atoms with Crippen molar-refractivity contribution in [3.05, 3.63) is 67.8 Å². The molecule has 0 amide bonds. The number of non-ortho nitro benzene ring substituents is 2. The molecule has 0 radical (unpaired) electrons. The van der Waals surface area contributed by atoms with Crippen LogP contribution >= 0.6 is 0 Å². The van der Waals surface area contributed by atoms with E-state index in [9.17, 15) is 29.8 Å². The van der Waals surface area contributed by atoms with Gasteiger partial charge < -0.3 is 30.2 Å². The van der Waals surface area contributed by atoms with Gasteiger partial charge in [-0.15, -0.1) is 0 Å². The first kappa shape index (κ1) is 25.0. The SMILES string of the molecule is NCCOC(=O)c1cc(OBOc2cc(C(=O)OCCN)cc([N+](=O)[O-])c2)cc([N+](=O)[O-])c1. The third-order valence-corrected chi connectivity index (χ3v) is 3.83. The number of nitro groups is 2. The third-order valence-electron chi connectivity index (χ3n) is 3.83. The van der Waals surface area contributed by atoms with E-state index in [1.165, 1.54) is 12.1 Å². The molecule has 0 aromatic heterocycles. The van der Waals surface area contributed by atoms with Crippen LogP contribution in [0.3, 0.4) is 0 Å². The van der Waals surface area contributed by atoms with Crippen molar-refractivity contribution >= 4 is 31.0 Å². The second-order valence-corrected chi connectivity index (χ2v) is 6.20. The van der Waals surface area contributed by atoms with E-state index in [-0.39, 0.29) is 48.9 Å². The van der Waals surface area contributed by atoms with Crippen molar-refractivity contribution in [2.24, 2.45) is 11.5 Å². The van der Waals surface area contributed by atoms with Crippen LogP contribution in [-0.4, -0.2) is 55.8 Å². The molecule has 2 aromatic carbocycles. The van der Waals surface area contributed by atoms with Crippen LogP contribution < -0.4 is 20.8 Å². The van der Waals surface area contributed by atoms with Crippen molar-refractivity contribution in [1.82, 2.24) is 0 Å². The molecule has 2 aromatic rings. The molecule has 0 unspecified atom stereocenters. The number of ether oxygens (including phenoxy) is 2. The first-order chi connectivity index (χ1) is 15.7. The van der Waals surface area contributed by atoms with Gasteiger partial charge in [-0.25, -0.2) is 9.59 Å². The zero-order valence-electron chi connectivity index (χ0n) is 17.1. The summed E-state index contributed by atoms with van der Waals surface area (Å²) in [6, 6.07) is 6.49. The van der Waals surface area contributed by atoms with Gasteiger partial charge in [0.25, 0.3) is 11.4 Å². The standard InChI is InChI=1S/C18H19BN4O10/c20-1-3-30-17(24)11-5-13(22(26)27)9-15(7-11)32-19-33-16-8-12(18(25)31-4-2-21)6-14(10-16)23(28)29/h5-10,19H,1-4,20-21H2.